The van der Waals surface area contributed by atoms with E-state index in [1.807, 2.05) is 0 Å². The van der Waals surface area contributed by atoms with E-state index < -0.39 is 0 Å². The molecule has 3 nitrogen and oxygen atoms in total. The van der Waals surface area contributed by atoms with E-state index in [4.69, 9.17) is 0 Å². The first-order valence-corrected chi connectivity index (χ1v) is 11.8. The van der Waals surface area contributed by atoms with Gasteiger partial charge in [0.05, 0.1) is 11.4 Å². The van der Waals surface area contributed by atoms with Gasteiger partial charge in [0.25, 0.3) is 0 Å². The van der Waals surface area contributed by atoms with Gasteiger partial charge in [-0.2, -0.15) is 0 Å². The number of rotatable bonds is 13. The molecule has 1 heterocycles. The van der Waals surface area contributed by atoms with Crippen LogP contribution in [0.3, 0.4) is 0 Å². The lowest BCUT2D eigenvalue weighted by molar-refractivity contribution is -0.112. The number of aryl methyl sites for hydroxylation is 1. The molecular weight excluding hydrogens is 342 g/mol. The smallest absolute Gasteiger partial charge is 0.0821 e. The third-order valence-electron chi connectivity index (χ3n) is 5.73. The second-order valence-electron chi connectivity index (χ2n) is 8.12. The van der Waals surface area contributed by atoms with Gasteiger partial charge < -0.3 is 0 Å². The lowest BCUT2D eigenvalue weighted by Gasteiger charge is -2.38. The SMILES string of the molecule is CCCCC1=C(c2ccccc2C)N(CCCC)N(CCCC)N1CCCC. The van der Waals surface area contributed by atoms with Crippen LogP contribution in [0, 0.1) is 6.92 Å². The molecule has 2 rings (SSSR count). The average Bonchev–Trinajstić information content (AvgIpc) is 2.99. The quantitative estimate of drug-likeness (QED) is 0.362. The molecule has 0 aliphatic carbocycles. The highest BCUT2D eigenvalue weighted by atomic mass is 15.9. The highest BCUT2D eigenvalue weighted by molar-refractivity contribution is 5.70. The molecule has 1 aliphatic heterocycles. The number of hydrogen-bond donors (Lipinski definition) is 0. The second kappa shape index (κ2) is 12.2. The van der Waals surface area contributed by atoms with Gasteiger partial charge in [0, 0.05) is 25.2 Å². The van der Waals surface area contributed by atoms with Crippen LogP contribution >= 0.6 is 0 Å². The van der Waals surface area contributed by atoms with Crippen LogP contribution in [0.2, 0.25) is 0 Å². The number of hydrazine groups is 2. The Kier molecular flexibility index (Phi) is 9.91. The third kappa shape index (κ3) is 5.53. The summed E-state index contributed by atoms with van der Waals surface area (Å²) in [5, 5.41) is 7.87. The molecule has 0 atom stereocenters. The van der Waals surface area contributed by atoms with Gasteiger partial charge in [-0.05, 0) is 44.6 Å². The van der Waals surface area contributed by atoms with Crippen molar-refractivity contribution in [2.45, 2.75) is 92.4 Å². The average molecular weight is 386 g/mol. The minimum atomic E-state index is 1.11. The molecule has 0 saturated heterocycles. The summed E-state index contributed by atoms with van der Waals surface area (Å²) >= 11 is 0. The molecule has 28 heavy (non-hydrogen) atoms. The summed E-state index contributed by atoms with van der Waals surface area (Å²) in [5.74, 6) is 0. The second-order valence-corrected chi connectivity index (χ2v) is 8.12. The van der Waals surface area contributed by atoms with Crippen LogP contribution in [0.1, 0.15) is 96.6 Å². The molecule has 0 bridgehead atoms. The summed E-state index contributed by atoms with van der Waals surface area (Å²) < 4.78 is 0. The minimum absolute atomic E-state index is 1.11. The Morgan fingerprint density at radius 3 is 1.86 bits per heavy atom. The highest BCUT2D eigenvalue weighted by Gasteiger charge is 2.36. The summed E-state index contributed by atoms with van der Waals surface area (Å²) in [4.78, 5) is 0. The Morgan fingerprint density at radius 2 is 1.25 bits per heavy atom. The van der Waals surface area contributed by atoms with E-state index in [1.165, 1.54) is 74.6 Å². The van der Waals surface area contributed by atoms with Gasteiger partial charge in [-0.3, -0.25) is 10.0 Å². The molecule has 0 saturated carbocycles. The first kappa shape index (κ1) is 22.8. The van der Waals surface area contributed by atoms with Gasteiger partial charge in [-0.15, -0.1) is 5.12 Å². The van der Waals surface area contributed by atoms with E-state index in [1.54, 1.807) is 5.70 Å². The Balaban J connectivity index is 2.53. The molecule has 1 aromatic rings. The van der Waals surface area contributed by atoms with E-state index in [-0.39, 0.29) is 0 Å². The molecule has 0 fully saturated rings. The predicted molar refractivity (Wildman–Crippen MR) is 122 cm³/mol. The fourth-order valence-electron chi connectivity index (χ4n) is 4.02. The van der Waals surface area contributed by atoms with Crippen molar-refractivity contribution in [2.75, 3.05) is 19.6 Å². The largest absolute Gasteiger partial charge is 0.290 e. The van der Waals surface area contributed by atoms with Gasteiger partial charge in [0.15, 0.2) is 0 Å². The van der Waals surface area contributed by atoms with Crippen molar-refractivity contribution >= 4 is 5.70 Å². The van der Waals surface area contributed by atoms with Crippen LogP contribution in [0.15, 0.2) is 30.0 Å². The van der Waals surface area contributed by atoms with Gasteiger partial charge in [0.2, 0.25) is 0 Å². The summed E-state index contributed by atoms with van der Waals surface area (Å²) in [7, 11) is 0. The lowest BCUT2D eigenvalue weighted by atomic mass is 10.0. The van der Waals surface area contributed by atoms with Crippen LogP contribution in [0.5, 0.6) is 0 Å². The van der Waals surface area contributed by atoms with Gasteiger partial charge in [0.1, 0.15) is 0 Å². The van der Waals surface area contributed by atoms with Crippen molar-refractivity contribution in [3.05, 3.63) is 41.1 Å². The van der Waals surface area contributed by atoms with Crippen molar-refractivity contribution in [1.82, 2.24) is 15.1 Å². The molecule has 158 valence electrons. The summed E-state index contributed by atoms with van der Waals surface area (Å²) in [6.07, 6.45) is 11.1. The van der Waals surface area contributed by atoms with Crippen molar-refractivity contribution in [2.24, 2.45) is 0 Å². The van der Waals surface area contributed by atoms with Gasteiger partial charge in [-0.25, -0.2) is 0 Å². The molecule has 0 aromatic heterocycles. The molecule has 1 aliphatic rings. The number of unbranched alkanes of at least 4 members (excludes halogenated alkanes) is 4. The van der Waals surface area contributed by atoms with Crippen LogP contribution in [-0.2, 0) is 0 Å². The van der Waals surface area contributed by atoms with Crippen LogP contribution in [0.4, 0.5) is 0 Å². The Bertz CT molecular complexity index is 608. The summed E-state index contributed by atoms with van der Waals surface area (Å²) in [6.45, 7) is 14.9. The zero-order valence-electron chi connectivity index (χ0n) is 19.1. The molecule has 0 unspecified atom stereocenters. The maximum Gasteiger partial charge on any atom is 0.0821 e. The zero-order valence-corrected chi connectivity index (χ0v) is 19.1. The van der Waals surface area contributed by atoms with Crippen molar-refractivity contribution in [1.29, 1.82) is 0 Å². The van der Waals surface area contributed by atoms with Gasteiger partial charge in [-0.1, -0.05) is 77.6 Å². The number of allylic oxidation sites excluding steroid dienone is 1. The molecular formula is C25H43N3. The standard InChI is InChI=1S/C25H43N3/c1-6-10-18-24-25(23-17-15-14-16-22(23)5)27(20-12-8-3)28(21-13-9-4)26(24)19-11-7-2/h14-17H,6-13,18-21H2,1-5H3. The monoisotopic (exact) mass is 385 g/mol. The molecule has 0 N–H and O–H groups in total. The fourth-order valence-corrected chi connectivity index (χ4v) is 4.02. The Labute approximate surface area is 174 Å². The molecule has 0 radical (unpaired) electrons. The van der Waals surface area contributed by atoms with E-state index in [0.29, 0.717) is 0 Å². The lowest BCUT2D eigenvalue weighted by Crippen LogP contribution is -2.47. The predicted octanol–water partition coefficient (Wildman–Crippen LogP) is 7.00. The Hall–Kier alpha value is -1.48. The third-order valence-corrected chi connectivity index (χ3v) is 5.73. The van der Waals surface area contributed by atoms with Crippen molar-refractivity contribution in [3.63, 3.8) is 0 Å². The minimum Gasteiger partial charge on any atom is -0.290 e. The summed E-state index contributed by atoms with van der Waals surface area (Å²) in [5.41, 5.74) is 5.84. The normalized spacial score (nSPS) is 15.2. The zero-order chi connectivity index (χ0) is 20.4. The van der Waals surface area contributed by atoms with E-state index in [9.17, 15) is 0 Å². The first-order chi connectivity index (χ1) is 13.7. The summed E-state index contributed by atoms with van der Waals surface area (Å²) in [6, 6.07) is 8.97. The molecule has 1 aromatic carbocycles. The maximum absolute atomic E-state index is 2.65. The first-order valence-electron chi connectivity index (χ1n) is 11.8. The van der Waals surface area contributed by atoms with Crippen molar-refractivity contribution < 1.29 is 0 Å². The van der Waals surface area contributed by atoms with Crippen LogP contribution in [0.25, 0.3) is 5.70 Å². The molecule has 0 spiro atoms. The van der Waals surface area contributed by atoms with E-state index in [2.05, 4.69) is 74.0 Å². The van der Waals surface area contributed by atoms with Crippen molar-refractivity contribution in [3.8, 4) is 0 Å². The molecule has 3 heteroatoms. The highest BCUT2D eigenvalue weighted by Crippen LogP contribution is 2.39. The topological polar surface area (TPSA) is 9.72 Å². The Morgan fingerprint density at radius 1 is 0.679 bits per heavy atom. The van der Waals surface area contributed by atoms with E-state index in [0.717, 1.165) is 19.6 Å². The van der Waals surface area contributed by atoms with Crippen LogP contribution < -0.4 is 0 Å². The van der Waals surface area contributed by atoms with Gasteiger partial charge >= 0.3 is 0 Å². The molecule has 0 amide bonds. The maximum atomic E-state index is 2.65. The number of hydrogen-bond acceptors (Lipinski definition) is 3. The number of benzene rings is 1. The fraction of sp³-hybridized carbons (Fsp3) is 0.680. The number of nitrogens with zero attached hydrogens (tertiary/aromatic N) is 3. The van der Waals surface area contributed by atoms with Crippen LogP contribution in [-0.4, -0.2) is 34.8 Å². The van der Waals surface area contributed by atoms with E-state index >= 15 is 0 Å².